The van der Waals surface area contributed by atoms with Crippen LogP contribution in [-0.4, -0.2) is 52.2 Å². The molecule has 3 heterocycles. The average Bonchev–Trinajstić information content (AvgIpc) is 3.15. The Morgan fingerprint density at radius 1 is 1.38 bits per heavy atom. The predicted octanol–water partition coefficient (Wildman–Crippen LogP) is 1.70. The van der Waals surface area contributed by atoms with E-state index in [2.05, 4.69) is 25.5 Å². The lowest BCUT2D eigenvalue weighted by molar-refractivity contribution is 0.0741. The second-order valence-electron chi connectivity index (χ2n) is 5.18. The first-order valence-electron chi connectivity index (χ1n) is 7.18. The molecule has 7 heteroatoms. The van der Waals surface area contributed by atoms with Crippen LogP contribution in [0.15, 0.2) is 11.4 Å². The summed E-state index contributed by atoms with van der Waals surface area (Å²) in [6, 6.07) is 1.85. The molecule has 0 spiro atoms. The number of aromatic amines is 1. The molecule has 0 bridgehead atoms. The number of amides is 1. The van der Waals surface area contributed by atoms with Crippen molar-refractivity contribution in [1.29, 1.82) is 0 Å². The number of carbonyl (C=O) groups is 1. The zero-order valence-corrected chi connectivity index (χ0v) is 13.1. The van der Waals surface area contributed by atoms with E-state index < -0.39 is 0 Å². The first-order valence-corrected chi connectivity index (χ1v) is 8.06. The Morgan fingerprint density at radius 3 is 2.71 bits per heavy atom. The van der Waals surface area contributed by atoms with E-state index in [1.165, 1.54) is 0 Å². The molecule has 1 N–H and O–H groups in total. The van der Waals surface area contributed by atoms with Crippen molar-refractivity contribution < 1.29 is 4.79 Å². The van der Waals surface area contributed by atoms with Gasteiger partial charge in [-0.2, -0.15) is 5.10 Å². The Kier molecular flexibility index (Phi) is 3.92. The smallest absolute Gasteiger partial charge is 0.274 e. The normalized spacial score (nSPS) is 15.5. The molecule has 1 aliphatic rings. The van der Waals surface area contributed by atoms with Gasteiger partial charge in [-0.1, -0.05) is 6.92 Å². The number of rotatable bonds is 3. The third-order valence-corrected chi connectivity index (χ3v) is 4.69. The minimum absolute atomic E-state index is 0.0147. The number of H-pyrrole nitrogens is 1. The van der Waals surface area contributed by atoms with Crippen LogP contribution in [0.1, 0.15) is 28.8 Å². The highest BCUT2D eigenvalue weighted by Crippen LogP contribution is 2.21. The lowest BCUT2D eigenvalue weighted by Gasteiger charge is -2.34. The van der Waals surface area contributed by atoms with Crippen molar-refractivity contribution in [3.8, 4) is 0 Å². The minimum atomic E-state index is 0.0147. The second kappa shape index (κ2) is 5.85. The number of aryl methyl sites for hydroxylation is 2. The number of hydrogen-bond donors (Lipinski definition) is 1. The second-order valence-corrected chi connectivity index (χ2v) is 6.02. The number of thiazole rings is 1. The summed E-state index contributed by atoms with van der Waals surface area (Å²) in [4.78, 5) is 21.0. The molecule has 1 amide bonds. The minimum Gasteiger partial charge on any atom is -0.345 e. The van der Waals surface area contributed by atoms with E-state index >= 15 is 0 Å². The van der Waals surface area contributed by atoms with E-state index in [9.17, 15) is 4.79 Å². The molecule has 0 atom stereocenters. The van der Waals surface area contributed by atoms with Crippen LogP contribution in [0.5, 0.6) is 0 Å². The van der Waals surface area contributed by atoms with E-state index in [-0.39, 0.29) is 5.91 Å². The molecule has 112 valence electrons. The SMILES string of the molecule is CCc1cc(C(=O)N2CCN(c3nc(C)cs3)CC2)n[nH]1. The third kappa shape index (κ3) is 2.92. The maximum Gasteiger partial charge on any atom is 0.274 e. The van der Waals surface area contributed by atoms with Crippen LogP contribution in [0.2, 0.25) is 0 Å². The van der Waals surface area contributed by atoms with Gasteiger partial charge in [0.1, 0.15) is 5.69 Å². The quantitative estimate of drug-likeness (QED) is 0.937. The molecule has 0 aliphatic carbocycles. The van der Waals surface area contributed by atoms with Gasteiger partial charge in [-0.05, 0) is 19.4 Å². The van der Waals surface area contributed by atoms with Gasteiger partial charge in [-0.25, -0.2) is 4.98 Å². The molecule has 0 saturated carbocycles. The maximum atomic E-state index is 12.4. The van der Waals surface area contributed by atoms with Crippen LogP contribution in [0, 0.1) is 6.92 Å². The number of carbonyl (C=O) groups excluding carboxylic acids is 1. The summed E-state index contributed by atoms with van der Waals surface area (Å²) >= 11 is 1.66. The highest BCUT2D eigenvalue weighted by molar-refractivity contribution is 7.13. The van der Waals surface area contributed by atoms with Gasteiger partial charge in [0.05, 0.1) is 5.69 Å². The summed E-state index contributed by atoms with van der Waals surface area (Å²) < 4.78 is 0. The summed E-state index contributed by atoms with van der Waals surface area (Å²) in [6.07, 6.45) is 0.859. The monoisotopic (exact) mass is 305 g/mol. The molecule has 1 aliphatic heterocycles. The summed E-state index contributed by atoms with van der Waals surface area (Å²) in [7, 11) is 0. The zero-order valence-electron chi connectivity index (χ0n) is 12.3. The summed E-state index contributed by atoms with van der Waals surface area (Å²) in [5.74, 6) is 0.0147. The standard InChI is InChI=1S/C14H19N5OS/c1-3-11-8-12(17-16-11)13(20)18-4-6-19(7-5-18)14-15-10(2)9-21-14/h8-9H,3-7H2,1-2H3,(H,16,17). The van der Waals surface area contributed by atoms with Gasteiger partial charge >= 0.3 is 0 Å². The Morgan fingerprint density at radius 2 is 2.14 bits per heavy atom. The molecular formula is C14H19N5OS. The number of anilines is 1. The Labute approximate surface area is 127 Å². The van der Waals surface area contributed by atoms with Gasteiger partial charge in [0.2, 0.25) is 0 Å². The number of aromatic nitrogens is 3. The zero-order chi connectivity index (χ0) is 14.8. The third-order valence-electron chi connectivity index (χ3n) is 3.68. The first-order chi connectivity index (χ1) is 10.2. The molecular weight excluding hydrogens is 286 g/mol. The molecule has 1 fully saturated rings. The Balaban J connectivity index is 1.61. The van der Waals surface area contributed by atoms with Crippen molar-refractivity contribution in [1.82, 2.24) is 20.1 Å². The molecule has 2 aromatic heterocycles. The fraction of sp³-hybridized carbons (Fsp3) is 0.500. The average molecular weight is 305 g/mol. The van der Waals surface area contributed by atoms with E-state index in [1.807, 2.05) is 24.8 Å². The van der Waals surface area contributed by atoms with Gasteiger partial charge < -0.3 is 9.80 Å². The Bertz CT molecular complexity index is 627. The molecule has 21 heavy (non-hydrogen) atoms. The van der Waals surface area contributed by atoms with Crippen LogP contribution < -0.4 is 4.90 Å². The largest absolute Gasteiger partial charge is 0.345 e. The molecule has 0 aromatic carbocycles. The van der Waals surface area contributed by atoms with Crippen molar-refractivity contribution in [2.45, 2.75) is 20.3 Å². The van der Waals surface area contributed by atoms with Crippen LogP contribution >= 0.6 is 11.3 Å². The van der Waals surface area contributed by atoms with Crippen LogP contribution in [0.25, 0.3) is 0 Å². The van der Waals surface area contributed by atoms with Crippen molar-refractivity contribution >= 4 is 22.4 Å². The van der Waals surface area contributed by atoms with Crippen LogP contribution in [-0.2, 0) is 6.42 Å². The number of piperazine rings is 1. The first kappa shape index (κ1) is 14.1. The maximum absolute atomic E-state index is 12.4. The van der Waals surface area contributed by atoms with Gasteiger partial charge in [0.15, 0.2) is 5.13 Å². The highest BCUT2D eigenvalue weighted by atomic mass is 32.1. The number of hydrogen-bond acceptors (Lipinski definition) is 5. The number of nitrogens with zero attached hydrogens (tertiary/aromatic N) is 4. The molecule has 6 nitrogen and oxygen atoms in total. The fourth-order valence-corrected chi connectivity index (χ4v) is 3.26. The molecule has 3 rings (SSSR count). The molecule has 0 unspecified atom stereocenters. The van der Waals surface area contributed by atoms with Gasteiger partial charge in [0, 0.05) is 37.3 Å². The van der Waals surface area contributed by atoms with Crippen molar-refractivity contribution in [2.75, 3.05) is 31.1 Å². The fourth-order valence-electron chi connectivity index (χ4n) is 2.40. The van der Waals surface area contributed by atoms with Crippen molar-refractivity contribution in [2.24, 2.45) is 0 Å². The van der Waals surface area contributed by atoms with E-state index in [1.54, 1.807) is 11.3 Å². The van der Waals surface area contributed by atoms with Crippen molar-refractivity contribution in [3.05, 3.63) is 28.5 Å². The Hall–Kier alpha value is -1.89. The summed E-state index contributed by atoms with van der Waals surface area (Å²) in [6.45, 7) is 7.12. The van der Waals surface area contributed by atoms with Gasteiger partial charge in [0.25, 0.3) is 5.91 Å². The van der Waals surface area contributed by atoms with E-state index in [0.29, 0.717) is 18.8 Å². The molecule has 2 aromatic rings. The summed E-state index contributed by atoms with van der Waals surface area (Å²) in [5, 5.41) is 10.1. The van der Waals surface area contributed by atoms with Crippen LogP contribution in [0.4, 0.5) is 5.13 Å². The summed E-state index contributed by atoms with van der Waals surface area (Å²) in [5.41, 5.74) is 2.57. The lowest BCUT2D eigenvalue weighted by Crippen LogP contribution is -2.48. The number of nitrogens with one attached hydrogen (secondary N) is 1. The van der Waals surface area contributed by atoms with Crippen molar-refractivity contribution in [3.63, 3.8) is 0 Å². The van der Waals surface area contributed by atoms with Gasteiger partial charge in [-0.3, -0.25) is 9.89 Å². The van der Waals surface area contributed by atoms with E-state index in [0.717, 1.165) is 36.0 Å². The van der Waals surface area contributed by atoms with Gasteiger partial charge in [-0.15, -0.1) is 11.3 Å². The molecule has 1 saturated heterocycles. The van der Waals surface area contributed by atoms with Crippen LogP contribution in [0.3, 0.4) is 0 Å². The lowest BCUT2D eigenvalue weighted by atomic mass is 10.2. The molecule has 0 radical (unpaired) electrons. The highest BCUT2D eigenvalue weighted by Gasteiger charge is 2.24. The predicted molar refractivity (Wildman–Crippen MR) is 82.9 cm³/mol. The topological polar surface area (TPSA) is 65.1 Å². The van der Waals surface area contributed by atoms with E-state index in [4.69, 9.17) is 0 Å².